The lowest BCUT2D eigenvalue weighted by molar-refractivity contribution is 0.0906. The smallest absolute Gasteiger partial charge is 0.194 e. The first-order chi connectivity index (χ1) is 13.2. The third-order valence-electron chi connectivity index (χ3n) is 4.71. The first kappa shape index (κ1) is 19.2. The first-order valence-corrected chi connectivity index (χ1v) is 9.67. The molecule has 27 heavy (non-hydrogen) atoms. The summed E-state index contributed by atoms with van der Waals surface area (Å²) in [7, 11) is 0. The summed E-state index contributed by atoms with van der Waals surface area (Å²) in [6.45, 7) is 6.87. The van der Waals surface area contributed by atoms with Crippen LogP contribution in [-0.4, -0.2) is 42.2 Å². The normalized spacial score (nSPS) is 17.3. The highest BCUT2D eigenvalue weighted by Gasteiger charge is 2.25. The van der Waals surface area contributed by atoms with Crippen LogP contribution in [0, 0.1) is 5.92 Å². The van der Waals surface area contributed by atoms with Gasteiger partial charge in [0.05, 0.1) is 19.8 Å². The summed E-state index contributed by atoms with van der Waals surface area (Å²) < 4.78 is 5.92. The summed E-state index contributed by atoms with van der Waals surface area (Å²) in [6, 6.07) is 17.6. The van der Waals surface area contributed by atoms with Crippen molar-refractivity contribution in [3.05, 3.63) is 65.7 Å². The molecule has 0 radical (unpaired) electrons. The quantitative estimate of drug-likeness (QED) is 0.582. The van der Waals surface area contributed by atoms with Crippen LogP contribution in [0.4, 0.5) is 0 Å². The van der Waals surface area contributed by atoms with Crippen LogP contribution in [0.2, 0.25) is 0 Å². The van der Waals surface area contributed by atoms with Crippen molar-refractivity contribution >= 4 is 5.96 Å². The van der Waals surface area contributed by atoms with Crippen LogP contribution in [0.15, 0.2) is 59.6 Å². The van der Waals surface area contributed by atoms with Crippen LogP contribution < -0.4 is 5.32 Å². The van der Waals surface area contributed by atoms with E-state index in [2.05, 4.69) is 29.3 Å². The number of guanidine groups is 1. The Morgan fingerprint density at radius 1 is 1.19 bits per heavy atom. The monoisotopic (exact) mass is 367 g/mol. The number of nitrogens with zero attached hydrogens (tertiary/aromatic N) is 2. The minimum Gasteiger partial charge on any atom is -0.508 e. The molecule has 0 bridgehead atoms. The fraction of sp³-hybridized carbons (Fsp3) is 0.409. The number of aliphatic imine (C=N–C) groups is 1. The third kappa shape index (κ3) is 6.00. The van der Waals surface area contributed by atoms with Crippen molar-refractivity contribution in [1.29, 1.82) is 0 Å². The summed E-state index contributed by atoms with van der Waals surface area (Å²) in [5.74, 6) is 1.74. The predicted octanol–water partition coefficient (Wildman–Crippen LogP) is 3.40. The number of nitrogens with one attached hydrogen (secondary N) is 1. The highest BCUT2D eigenvalue weighted by molar-refractivity contribution is 5.80. The maximum Gasteiger partial charge on any atom is 0.194 e. The van der Waals surface area contributed by atoms with E-state index in [1.165, 1.54) is 5.56 Å². The number of phenols is 1. The highest BCUT2D eigenvalue weighted by atomic mass is 16.5. The molecule has 0 saturated carbocycles. The van der Waals surface area contributed by atoms with Crippen molar-refractivity contribution in [2.24, 2.45) is 10.9 Å². The van der Waals surface area contributed by atoms with Gasteiger partial charge in [0.1, 0.15) is 5.75 Å². The van der Waals surface area contributed by atoms with Crippen LogP contribution in [0.5, 0.6) is 5.75 Å². The molecule has 0 aliphatic carbocycles. The van der Waals surface area contributed by atoms with Crippen molar-refractivity contribution in [2.75, 3.05) is 26.2 Å². The van der Waals surface area contributed by atoms with E-state index in [4.69, 9.17) is 9.73 Å². The number of phenolic OH excluding ortho intramolecular Hbond substituents is 1. The van der Waals surface area contributed by atoms with Gasteiger partial charge in [-0.15, -0.1) is 0 Å². The van der Waals surface area contributed by atoms with Gasteiger partial charge in [-0.1, -0.05) is 42.5 Å². The van der Waals surface area contributed by atoms with Crippen LogP contribution >= 0.6 is 0 Å². The van der Waals surface area contributed by atoms with Gasteiger partial charge in [0, 0.05) is 25.6 Å². The van der Waals surface area contributed by atoms with Gasteiger partial charge < -0.3 is 20.1 Å². The lowest BCUT2D eigenvalue weighted by atomic mass is 10.1. The Balaban J connectivity index is 1.50. The second kappa shape index (κ2) is 9.97. The van der Waals surface area contributed by atoms with E-state index in [1.54, 1.807) is 12.1 Å². The number of rotatable bonds is 7. The molecule has 1 aliphatic heterocycles. The summed E-state index contributed by atoms with van der Waals surface area (Å²) in [4.78, 5) is 7.06. The molecule has 1 unspecified atom stereocenters. The molecular formula is C22H29N3O2. The highest BCUT2D eigenvalue weighted by Crippen LogP contribution is 2.18. The standard InChI is InChI=1S/C22H29N3O2/c1-2-23-22(24-14-19-9-6-10-21(26)13-19)25-12-11-20(15-25)17-27-16-18-7-4-3-5-8-18/h3-10,13,20,26H,2,11-12,14-17H2,1H3,(H,23,24). The zero-order chi connectivity index (χ0) is 18.9. The van der Waals surface area contributed by atoms with E-state index in [0.717, 1.165) is 44.2 Å². The zero-order valence-corrected chi connectivity index (χ0v) is 16.0. The molecule has 0 aromatic heterocycles. The Bertz CT molecular complexity index is 733. The second-order valence-corrected chi connectivity index (χ2v) is 6.94. The first-order valence-electron chi connectivity index (χ1n) is 9.67. The van der Waals surface area contributed by atoms with E-state index >= 15 is 0 Å². The van der Waals surface area contributed by atoms with Gasteiger partial charge in [-0.2, -0.15) is 0 Å². The molecule has 2 aromatic rings. The Morgan fingerprint density at radius 2 is 2.00 bits per heavy atom. The summed E-state index contributed by atoms with van der Waals surface area (Å²) >= 11 is 0. The van der Waals surface area contributed by atoms with Crippen LogP contribution in [0.1, 0.15) is 24.5 Å². The van der Waals surface area contributed by atoms with E-state index < -0.39 is 0 Å². The van der Waals surface area contributed by atoms with Crippen molar-refractivity contribution in [1.82, 2.24) is 10.2 Å². The Labute approximate surface area is 161 Å². The number of hydrogen-bond donors (Lipinski definition) is 2. The van der Waals surface area contributed by atoms with Crippen LogP contribution in [0.3, 0.4) is 0 Å². The average Bonchev–Trinajstić information content (AvgIpc) is 3.15. The topological polar surface area (TPSA) is 57.1 Å². The number of benzene rings is 2. The number of aromatic hydroxyl groups is 1. The summed E-state index contributed by atoms with van der Waals surface area (Å²) in [5, 5.41) is 13.0. The minimum atomic E-state index is 0.282. The lowest BCUT2D eigenvalue weighted by Crippen LogP contribution is -2.40. The van der Waals surface area contributed by atoms with Gasteiger partial charge in [-0.05, 0) is 36.6 Å². The molecule has 1 saturated heterocycles. The van der Waals surface area contributed by atoms with Crippen molar-refractivity contribution in [3.63, 3.8) is 0 Å². The average molecular weight is 367 g/mol. The van der Waals surface area contributed by atoms with Gasteiger partial charge in [0.2, 0.25) is 0 Å². The van der Waals surface area contributed by atoms with Crippen LogP contribution in [0.25, 0.3) is 0 Å². The van der Waals surface area contributed by atoms with E-state index in [0.29, 0.717) is 19.1 Å². The Kier molecular flexibility index (Phi) is 7.11. The largest absolute Gasteiger partial charge is 0.508 e. The molecule has 1 fully saturated rings. The number of likely N-dealkylation sites (tertiary alicyclic amines) is 1. The van der Waals surface area contributed by atoms with E-state index in [1.807, 2.05) is 30.3 Å². The van der Waals surface area contributed by atoms with Crippen LogP contribution in [-0.2, 0) is 17.9 Å². The number of hydrogen-bond acceptors (Lipinski definition) is 3. The summed E-state index contributed by atoms with van der Waals surface area (Å²) in [5.41, 5.74) is 2.22. The molecule has 144 valence electrons. The van der Waals surface area contributed by atoms with Gasteiger partial charge in [-0.25, -0.2) is 4.99 Å². The molecule has 2 N–H and O–H groups in total. The molecule has 5 nitrogen and oxygen atoms in total. The molecular weight excluding hydrogens is 338 g/mol. The second-order valence-electron chi connectivity index (χ2n) is 6.94. The van der Waals surface area contributed by atoms with Gasteiger partial charge >= 0.3 is 0 Å². The number of ether oxygens (including phenoxy) is 1. The maximum atomic E-state index is 9.60. The van der Waals surface area contributed by atoms with Crippen molar-refractivity contribution in [3.8, 4) is 5.75 Å². The zero-order valence-electron chi connectivity index (χ0n) is 16.0. The molecule has 1 heterocycles. The van der Waals surface area contributed by atoms with Gasteiger partial charge in [0.25, 0.3) is 0 Å². The van der Waals surface area contributed by atoms with Crippen molar-refractivity contribution in [2.45, 2.75) is 26.5 Å². The summed E-state index contributed by atoms with van der Waals surface area (Å²) in [6.07, 6.45) is 1.12. The van der Waals surface area contributed by atoms with E-state index in [9.17, 15) is 5.11 Å². The molecule has 1 atom stereocenters. The molecule has 0 amide bonds. The van der Waals surface area contributed by atoms with Crippen molar-refractivity contribution < 1.29 is 9.84 Å². The predicted molar refractivity (Wildman–Crippen MR) is 109 cm³/mol. The Hall–Kier alpha value is -2.53. The van der Waals surface area contributed by atoms with E-state index in [-0.39, 0.29) is 5.75 Å². The van der Waals surface area contributed by atoms with Gasteiger partial charge in [-0.3, -0.25) is 0 Å². The van der Waals surface area contributed by atoms with Gasteiger partial charge in [0.15, 0.2) is 5.96 Å². The Morgan fingerprint density at radius 3 is 2.78 bits per heavy atom. The third-order valence-corrected chi connectivity index (χ3v) is 4.71. The fourth-order valence-electron chi connectivity index (χ4n) is 3.33. The fourth-order valence-corrected chi connectivity index (χ4v) is 3.33. The molecule has 2 aromatic carbocycles. The SMILES string of the molecule is CCNC(=NCc1cccc(O)c1)N1CCC(COCc2ccccc2)C1. The molecule has 3 rings (SSSR count). The lowest BCUT2D eigenvalue weighted by Gasteiger charge is -2.21. The molecule has 0 spiro atoms. The molecule has 5 heteroatoms. The molecule has 1 aliphatic rings. The maximum absolute atomic E-state index is 9.60. The minimum absolute atomic E-state index is 0.282.